The minimum absolute atomic E-state index is 0.0287. The van der Waals surface area contributed by atoms with E-state index in [1.54, 1.807) is 0 Å². The van der Waals surface area contributed by atoms with Crippen LogP contribution in [0.2, 0.25) is 0 Å². The highest BCUT2D eigenvalue weighted by Gasteiger charge is 2.46. The highest BCUT2D eigenvalue weighted by Crippen LogP contribution is 2.42. The van der Waals surface area contributed by atoms with E-state index < -0.39 is 43.3 Å². The van der Waals surface area contributed by atoms with Crippen LogP contribution in [0.4, 0.5) is 0 Å². The van der Waals surface area contributed by atoms with Crippen LogP contribution in [-0.2, 0) is 9.47 Å². The molecular weight excluding hydrogens is 484 g/mol. The van der Waals surface area contributed by atoms with Gasteiger partial charge in [0.2, 0.25) is 17.8 Å². The molecule has 13 heteroatoms. The van der Waals surface area contributed by atoms with Crippen molar-refractivity contribution >= 4 is 5.97 Å². The summed E-state index contributed by atoms with van der Waals surface area (Å²) in [4.78, 5) is 12.6. The molecule has 1 heterocycles. The molecule has 2 aromatic carbocycles. The standard InChI is InChI=1S/C23H28O13/c1-30-12-5-10(6-13(31-2)17(12)25)22(29)34-9-16-18(26)19(27)20(28)23(35-16)36-21-14(32-3)7-11(24)8-15(21)33-4/h5-8,16,18-20,23-28H,9H2,1-4H3/t16-,18-,19+,20-,23+/m1/s1. The number of aliphatic hydroxyl groups is 3. The Hall–Kier alpha value is -3.65. The van der Waals surface area contributed by atoms with Gasteiger partial charge in [-0.15, -0.1) is 0 Å². The molecule has 198 valence electrons. The Morgan fingerprint density at radius 3 is 1.83 bits per heavy atom. The molecule has 0 bridgehead atoms. The molecule has 0 amide bonds. The first-order valence-corrected chi connectivity index (χ1v) is 10.6. The molecule has 1 fully saturated rings. The van der Waals surface area contributed by atoms with Crippen molar-refractivity contribution in [2.45, 2.75) is 30.7 Å². The van der Waals surface area contributed by atoms with E-state index in [4.69, 9.17) is 33.2 Å². The summed E-state index contributed by atoms with van der Waals surface area (Å²) in [5.41, 5.74) is -0.0289. The first-order valence-electron chi connectivity index (χ1n) is 10.6. The minimum Gasteiger partial charge on any atom is -0.508 e. The molecule has 0 saturated carbocycles. The molecule has 1 aliphatic rings. The Kier molecular flexibility index (Phi) is 8.53. The zero-order valence-corrected chi connectivity index (χ0v) is 19.9. The van der Waals surface area contributed by atoms with E-state index in [1.807, 2.05) is 0 Å². The Bertz CT molecular complexity index is 1020. The lowest BCUT2D eigenvalue weighted by Crippen LogP contribution is -2.60. The first-order chi connectivity index (χ1) is 17.1. The number of ether oxygens (including phenoxy) is 7. The lowest BCUT2D eigenvalue weighted by atomic mass is 9.99. The van der Waals surface area contributed by atoms with E-state index in [2.05, 4.69) is 0 Å². The summed E-state index contributed by atoms with van der Waals surface area (Å²) in [6.07, 6.45) is -7.93. The second-order valence-corrected chi connectivity index (χ2v) is 7.64. The maximum absolute atomic E-state index is 12.6. The SMILES string of the molecule is COc1cc(C(=O)OC[C@H]2O[C@@H](Oc3c(OC)cc(O)cc3OC)[C@H](O)[C@@H](O)[C@@H]2O)cc(OC)c1O. The van der Waals surface area contributed by atoms with Gasteiger partial charge in [0.05, 0.1) is 34.0 Å². The highest BCUT2D eigenvalue weighted by molar-refractivity contribution is 5.91. The van der Waals surface area contributed by atoms with Gasteiger partial charge in [-0.05, 0) is 12.1 Å². The van der Waals surface area contributed by atoms with Crippen LogP contribution in [0.5, 0.6) is 40.2 Å². The lowest BCUT2D eigenvalue weighted by Gasteiger charge is -2.40. The molecule has 1 aliphatic heterocycles. The topological polar surface area (TPSA) is 183 Å². The number of esters is 1. The van der Waals surface area contributed by atoms with E-state index in [0.29, 0.717) is 0 Å². The molecule has 13 nitrogen and oxygen atoms in total. The van der Waals surface area contributed by atoms with E-state index in [9.17, 15) is 30.3 Å². The van der Waals surface area contributed by atoms with Gasteiger partial charge >= 0.3 is 5.97 Å². The molecule has 5 atom stereocenters. The van der Waals surface area contributed by atoms with E-state index in [-0.39, 0.29) is 45.8 Å². The second kappa shape index (κ2) is 11.4. The fourth-order valence-electron chi connectivity index (χ4n) is 3.50. The second-order valence-electron chi connectivity index (χ2n) is 7.64. The van der Waals surface area contributed by atoms with Crippen LogP contribution in [-0.4, -0.2) is 97.3 Å². The van der Waals surface area contributed by atoms with Crippen LogP contribution in [0.25, 0.3) is 0 Å². The molecule has 3 rings (SSSR count). The Labute approximate surface area is 205 Å². The van der Waals surface area contributed by atoms with Gasteiger partial charge < -0.3 is 58.7 Å². The van der Waals surface area contributed by atoms with Crippen molar-refractivity contribution < 1.29 is 63.5 Å². The van der Waals surface area contributed by atoms with E-state index in [0.717, 1.165) is 0 Å². The quantitative estimate of drug-likeness (QED) is 0.287. The number of phenols is 2. The van der Waals surface area contributed by atoms with Gasteiger partial charge in [0, 0.05) is 12.1 Å². The monoisotopic (exact) mass is 512 g/mol. The molecule has 0 radical (unpaired) electrons. The van der Waals surface area contributed by atoms with Crippen molar-refractivity contribution in [1.82, 2.24) is 0 Å². The zero-order valence-electron chi connectivity index (χ0n) is 19.9. The van der Waals surface area contributed by atoms with Gasteiger partial charge in [-0.3, -0.25) is 0 Å². The number of rotatable bonds is 9. The Morgan fingerprint density at radius 2 is 1.33 bits per heavy atom. The summed E-state index contributed by atoms with van der Waals surface area (Å²) < 4.78 is 36.9. The van der Waals surface area contributed by atoms with E-state index >= 15 is 0 Å². The largest absolute Gasteiger partial charge is 0.508 e. The third-order valence-electron chi connectivity index (χ3n) is 5.44. The molecule has 0 aromatic heterocycles. The van der Waals surface area contributed by atoms with Gasteiger partial charge in [0.1, 0.15) is 36.8 Å². The third-order valence-corrected chi connectivity index (χ3v) is 5.44. The number of hydrogen-bond donors (Lipinski definition) is 5. The number of benzene rings is 2. The van der Waals surface area contributed by atoms with Crippen LogP contribution in [0, 0.1) is 0 Å². The molecule has 0 unspecified atom stereocenters. The Balaban J connectivity index is 1.77. The van der Waals surface area contributed by atoms with Gasteiger partial charge in [0.25, 0.3) is 0 Å². The van der Waals surface area contributed by atoms with Gasteiger partial charge in [-0.25, -0.2) is 4.79 Å². The molecule has 5 N–H and O–H groups in total. The third kappa shape index (κ3) is 5.44. The molecular formula is C23H28O13. The van der Waals surface area contributed by atoms with Crippen molar-refractivity contribution in [2.75, 3.05) is 35.0 Å². The van der Waals surface area contributed by atoms with Crippen LogP contribution >= 0.6 is 0 Å². The van der Waals surface area contributed by atoms with Gasteiger partial charge in [0.15, 0.2) is 23.0 Å². The van der Waals surface area contributed by atoms with Crippen LogP contribution in [0.15, 0.2) is 24.3 Å². The molecule has 36 heavy (non-hydrogen) atoms. The fourth-order valence-corrected chi connectivity index (χ4v) is 3.50. The predicted molar refractivity (Wildman–Crippen MR) is 120 cm³/mol. The van der Waals surface area contributed by atoms with Crippen molar-refractivity contribution in [3.05, 3.63) is 29.8 Å². The van der Waals surface area contributed by atoms with Crippen molar-refractivity contribution in [1.29, 1.82) is 0 Å². The predicted octanol–water partition coefficient (Wildman–Crippen LogP) is 0.176. The lowest BCUT2D eigenvalue weighted by molar-refractivity contribution is -0.277. The molecule has 0 spiro atoms. The molecule has 0 aliphatic carbocycles. The average Bonchev–Trinajstić information content (AvgIpc) is 2.88. The number of aromatic hydroxyl groups is 2. The minimum atomic E-state index is -1.73. The fraction of sp³-hybridized carbons (Fsp3) is 0.435. The number of carbonyl (C=O) groups excluding carboxylic acids is 1. The maximum Gasteiger partial charge on any atom is 0.338 e. The summed E-state index contributed by atoms with van der Waals surface area (Å²) >= 11 is 0. The molecule has 2 aromatic rings. The summed E-state index contributed by atoms with van der Waals surface area (Å²) in [6, 6.07) is 4.92. The normalized spacial score (nSPS) is 23.5. The average molecular weight is 512 g/mol. The number of aliphatic hydroxyl groups excluding tert-OH is 3. The number of carbonyl (C=O) groups is 1. The van der Waals surface area contributed by atoms with Gasteiger partial charge in [-0.2, -0.15) is 0 Å². The zero-order chi connectivity index (χ0) is 26.6. The number of methoxy groups -OCH3 is 4. The van der Waals surface area contributed by atoms with Gasteiger partial charge in [-0.1, -0.05) is 0 Å². The number of phenolic OH excluding ortho intramolecular Hbond substituents is 2. The van der Waals surface area contributed by atoms with Crippen LogP contribution < -0.4 is 23.7 Å². The van der Waals surface area contributed by atoms with Crippen LogP contribution in [0.1, 0.15) is 10.4 Å². The first kappa shape index (κ1) is 26.9. The van der Waals surface area contributed by atoms with Crippen molar-refractivity contribution in [3.8, 4) is 40.2 Å². The maximum atomic E-state index is 12.6. The summed E-state index contributed by atoms with van der Waals surface area (Å²) in [5, 5.41) is 51.0. The van der Waals surface area contributed by atoms with Crippen molar-refractivity contribution in [3.63, 3.8) is 0 Å². The van der Waals surface area contributed by atoms with Crippen molar-refractivity contribution in [2.24, 2.45) is 0 Å². The highest BCUT2D eigenvalue weighted by atomic mass is 16.7. The Morgan fingerprint density at radius 1 is 0.806 bits per heavy atom. The molecule has 1 saturated heterocycles. The smallest absolute Gasteiger partial charge is 0.338 e. The summed E-state index contributed by atoms with van der Waals surface area (Å²) in [6.45, 7) is -0.543. The number of hydrogen-bond acceptors (Lipinski definition) is 13. The summed E-state index contributed by atoms with van der Waals surface area (Å²) in [7, 11) is 5.21. The van der Waals surface area contributed by atoms with Crippen LogP contribution in [0.3, 0.4) is 0 Å². The summed E-state index contributed by atoms with van der Waals surface area (Å²) in [5.74, 6) is -1.38. The van der Waals surface area contributed by atoms with E-state index in [1.165, 1.54) is 52.7 Å².